The van der Waals surface area contributed by atoms with Crippen LogP contribution >= 0.6 is 0 Å². The van der Waals surface area contributed by atoms with Crippen molar-refractivity contribution in [3.8, 4) is 11.1 Å². The Kier molecular flexibility index (Phi) is 2.82. The van der Waals surface area contributed by atoms with Crippen LogP contribution in [0, 0.1) is 12.7 Å². The van der Waals surface area contributed by atoms with Crippen LogP contribution in [0.3, 0.4) is 0 Å². The van der Waals surface area contributed by atoms with Crippen LogP contribution in [0.1, 0.15) is 15.9 Å². The van der Waals surface area contributed by atoms with Gasteiger partial charge in [0, 0.05) is 5.56 Å². The van der Waals surface area contributed by atoms with Crippen molar-refractivity contribution in [1.29, 1.82) is 0 Å². The molecule has 80 valence electrons. The number of aldehydes is 1. The fourth-order valence-electron chi connectivity index (χ4n) is 1.62. The van der Waals surface area contributed by atoms with Gasteiger partial charge in [0.1, 0.15) is 12.1 Å². The van der Waals surface area contributed by atoms with Gasteiger partial charge < -0.3 is 0 Å². The molecule has 0 unspecified atom stereocenters. The van der Waals surface area contributed by atoms with E-state index in [9.17, 15) is 9.18 Å². The van der Waals surface area contributed by atoms with Gasteiger partial charge in [-0.25, -0.2) is 4.39 Å². The molecule has 0 aliphatic carbocycles. The lowest BCUT2D eigenvalue weighted by molar-refractivity contribution is 0.112. The predicted molar refractivity (Wildman–Crippen MR) is 62.0 cm³/mol. The van der Waals surface area contributed by atoms with Crippen molar-refractivity contribution in [2.24, 2.45) is 0 Å². The zero-order chi connectivity index (χ0) is 11.5. The van der Waals surface area contributed by atoms with Crippen molar-refractivity contribution in [2.75, 3.05) is 0 Å². The molecule has 0 N–H and O–H groups in total. The molecule has 0 radical (unpaired) electrons. The molecule has 0 atom stereocenters. The second-order valence-electron chi connectivity index (χ2n) is 3.71. The number of benzene rings is 2. The Bertz CT molecular complexity index is 532. The van der Waals surface area contributed by atoms with Gasteiger partial charge in [-0.05, 0) is 41.8 Å². The first kappa shape index (κ1) is 10.6. The highest BCUT2D eigenvalue weighted by Gasteiger charge is 2.02. The summed E-state index contributed by atoms with van der Waals surface area (Å²) in [5, 5.41) is 0. The molecule has 0 fully saturated rings. The van der Waals surface area contributed by atoms with Crippen molar-refractivity contribution in [1.82, 2.24) is 0 Å². The van der Waals surface area contributed by atoms with Gasteiger partial charge in [0.2, 0.25) is 0 Å². The third-order valence-electron chi connectivity index (χ3n) is 2.51. The first-order chi connectivity index (χ1) is 7.70. The summed E-state index contributed by atoms with van der Waals surface area (Å²) in [6, 6.07) is 12.2. The van der Waals surface area contributed by atoms with Crippen molar-refractivity contribution < 1.29 is 9.18 Å². The minimum absolute atomic E-state index is 0.213. The summed E-state index contributed by atoms with van der Waals surface area (Å²) < 4.78 is 13.1. The number of carbonyl (C=O) groups excluding carboxylic acids is 1. The average Bonchev–Trinajstić information content (AvgIpc) is 2.33. The highest BCUT2D eigenvalue weighted by Crippen LogP contribution is 2.22. The Morgan fingerprint density at radius 2 is 1.81 bits per heavy atom. The van der Waals surface area contributed by atoms with E-state index >= 15 is 0 Å². The molecule has 2 aromatic rings. The van der Waals surface area contributed by atoms with Gasteiger partial charge in [0.05, 0.1) is 0 Å². The molecule has 2 heteroatoms. The van der Waals surface area contributed by atoms with Crippen LogP contribution in [0.2, 0.25) is 0 Å². The second-order valence-corrected chi connectivity index (χ2v) is 3.71. The van der Waals surface area contributed by atoms with Crippen LogP contribution in [-0.2, 0) is 0 Å². The molecule has 16 heavy (non-hydrogen) atoms. The largest absolute Gasteiger partial charge is 0.298 e. The van der Waals surface area contributed by atoms with Crippen molar-refractivity contribution in [3.05, 3.63) is 59.4 Å². The highest BCUT2D eigenvalue weighted by molar-refractivity contribution is 5.78. The number of carbonyl (C=O) groups is 1. The van der Waals surface area contributed by atoms with Crippen LogP contribution in [0.25, 0.3) is 11.1 Å². The van der Waals surface area contributed by atoms with E-state index in [4.69, 9.17) is 0 Å². The fraction of sp³-hybridized carbons (Fsp3) is 0.0714. The summed E-state index contributed by atoms with van der Waals surface area (Å²) in [6.45, 7) is 1.72. The molecule has 0 saturated carbocycles. The van der Waals surface area contributed by atoms with Crippen molar-refractivity contribution in [2.45, 2.75) is 6.92 Å². The summed E-state index contributed by atoms with van der Waals surface area (Å²) in [5.74, 6) is -0.213. The zero-order valence-corrected chi connectivity index (χ0v) is 8.91. The first-order valence-corrected chi connectivity index (χ1v) is 5.02. The summed E-state index contributed by atoms with van der Waals surface area (Å²) in [4.78, 5) is 10.7. The molecule has 0 aromatic heterocycles. The topological polar surface area (TPSA) is 17.1 Å². The van der Waals surface area contributed by atoms with Gasteiger partial charge in [-0.2, -0.15) is 0 Å². The first-order valence-electron chi connectivity index (χ1n) is 5.02. The molecule has 0 bridgehead atoms. The molecular formula is C14H11FO. The maximum Gasteiger partial charge on any atom is 0.150 e. The van der Waals surface area contributed by atoms with Gasteiger partial charge in [0.25, 0.3) is 0 Å². The van der Waals surface area contributed by atoms with E-state index in [1.165, 1.54) is 6.07 Å². The van der Waals surface area contributed by atoms with Crippen LogP contribution in [0.5, 0.6) is 0 Å². The van der Waals surface area contributed by atoms with Gasteiger partial charge in [-0.15, -0.1) is 0 Å². The smallest absolute Gasteiger partial charge is 0.150 e. The second kappa shape index (κ2) is 4.27. The predicted octanol–water partition coefficient (Wildman–Crippen LogP) is 3.61. The lowest BCUT2D eigenvalue weighted by atomic mass is 10.0. The standard InChI is InChI=1S/C14H11FO/c1-10-7-13(5-6-14(10)15)12-4-2-3-11(8-12)9-16/h2-9H,1H3. The Morgan fingerprint density at radius 3 is 2.50 bits per heavy atom. The maximum absolute atomic E-state index is 13.1. The van der Waals surface area contributed by atoms with Gasteiger partial charge >= 0.3 is 0 Å². The summed E-state index contributed by atoms with van der Waals surface area (Å²) in [6.07, 6.45) is 0.805. The third kappa shape index (κ3) is 2.01. The van der Waals surface area contributed by atoms with E-state index in [0.717, 1.165) is 17.4 Å². The van der Waals surface area contributed by atoms with Crippen LogP contribution in [-0.4, -0.2) is 6.29 Å². The SMILES string of the molecule is Cc1cc(-c2cccc(C=O)c2)ccc1F. The minimum atomic E-state index is -0.213. The monoisotopic (exact) mass is 214 g/mol. The molecule has 2 aromatic carbocycles. The van der Waals surface area contributed by atoms with E-state index in [0.29, 0.717) is 11.1 Å². The van der Waals surface area contributed by atoms with Crippen molar-refractivity contribution >= 4 is 6.29 Å². The Labute approximate surface area is 93.5 Å². The fourth-order valence-corrected chi connectivity index (χ4v) is 1.62. The Balaban J connectivity index is 2.49. The lowest BCUT2D eigenvalue weighted by Gasteiger charge is -2.04. The van der Waals surface area contributed by atoms with Crippen LogP contribution in [0.4, 0.5) is 4.39 Å². The van der Waals surface area contributed by atoms with E-state index in [1.54, 1.807) is 31.2 Å². The summed E-state index contributed by atoms with van der Waals surface area (Å²) >= 11 is 0. The van der Waals surface area contributed by atoms with Crippen molar-refractivity contribution in [3.63, 3.8) is 0 Å². The normalized spacial score (nSPS) is 10.1. The third-order valence-corrected chi connectivity index (χ3v) is 2.51. The van der Waals surface area contributed by atoms with Gasteiger partial charge in [-0.1, -0.05) is 24.3 Å². The molecular weight excluding hydrogens is 203 g/mol. The lowest BCUT2D eigenvalue weighted by Crippen LogP contribution is -1.86. The van der Waals surface area contributed by atoms with E-state index in [1.807, 2.05) is 12.1 Å². The van der Waals surface area contributed by atoms with Gasteiger partial charge in [0.15, 0.2) is 0 Å². The van der Waals surface area contributed by atoms with E-state index in [-0.39, 0.29) is 5.82 Å². The molecule has 2 rings (SSSR count). The highest BCUT2D eigenvalue weighted by atomic mass is 19.1. The maximum atomic E-state index is 13.1. The number of hydrogen-bond acceptors (Lipinski definition) is 1. The average molecular weight is 214 g/mol. The number of aryl methyl sites for hydroxylation is 1. The van der Waals surface area contributed by atoms with E-state index < -0.39 is 0 Å². The number of hydrogen-bond donors (Lipinski definition) is 0. The summed E-state index contributed by atoms with van der Waals surface area (Å²) in [5.41, 5.74) is 3.07. The molecule has 0 aliphatic rings. The number of rotatable bonds is 2. The quantitative estimate of drug-likeness (QED) is 0.698. The number of halogens is 1. The molecule has 0 saturated heterocycles. The van der Waals surface area contributed by atoms with E-state index in [2.05, 4.69) is 0 Å². The molecule has 1 nitrogen and oxygen atoms in total. The molecule has 0 amide bonds. The molecule has 0 heterocycles. The molecule has 0 spiro atoms. The zero-order valence-electron chi connectivity index (χ0n) is 8.91. The Morgan fingerprint density at radius 1 is 1.06 bits per heavy atom. The molecule has 0 aliphatic heterocycles. The van der Waals surface area contributed by atoms with Crippen LogP contribution < -0.4 is 0 Å². The minimum Gasteiger partial charge on any atom is -0.298 e. The van der Waals surface area contributed by atoms with Crippen LogP contribution in [0.15, 0.2) is 42.5 Å². The Hall–Kier alpha value is -1.96. The van der Waals surface area contributed by atoms with Gasteiger partial charge in [-0.3, -0.25) is 4.79 Å². The summed E-state index contributed by atoms with van der Waals surface area (Å²) in [7, 11) is 0.